The van der Waals surface area contributed by atoms with Crippen LogP contribution in [0.15, 0.2) is 29.4 Å². The Morgan fingerprint density at radius 3 is 2.63 bits per heavy atom. The van der Waals surface area contributed by atoms with E-state index in [1.54, 1.807) is 0 Å². The molecular formula is C19H25N3O3S2. The molecule has 6 nitrogen and oxygen atoms in total. The SMILES string of the molecule is O=C(CSc1nc2ccccc2[nH]1)N(C1CCCCC1)C1CCS(=O)(=O)C1. The molecule has 0 bridgehead atoms. The van der Waals surface area contributed by atoms with Gasteiger partial charge in [0.05, 0.1) is 28.3 Å². The number of aromatic amines is 1. The van der Waals surface area contributed by atoms with Crippen LogP contribution in [0.5, 0.6) is 0 Å². The number of sulfone groups is 1. The molecule has 0 spiro atoms. The van der Waals surface area contributed by atoms with Crippen LogP contribution in [0, 0.1) is 0 Å². The number of benzene rings is 1. The zero-order valence-corrected chi connectivity index (χ0v) is 16.9. The van der Waals surface area contributed by atoms with Crippen molar-refractivity contribution in [2.24, 2.45) is 0 Å². The van der Waals surface area contributed by atoms with E-state index in [1.807, 2.05) is 29.2 Å². The van der Waals surface area contributed by atoms with Gasteiger partial charge in [0.25, 0.3) is 0 Å². The zero-order chi connectivity index (χ0) is 18.9. The Hall–Kier alpha value is -1.54. The van der Waals surface area contributed by atoms with E-state index in [1.165, 1.54) is 18.2 Å². The molecule has 2 fully saturated rings. The summed E-state index contributed by atoms with van der Waals surface area (Å²) in [5.74, 6) is 0.636. The summed E-state index contributed by atoms with van der Waals surface area (Å²) in [4.78, 5) is 22.8. The van der Waals surface area contributed by atoms with Crippen LogP contribution >= 0.6 is 11.8 Å². The van der Waals surface area contributed by atoms with Gasteiger partial charge in [-0.1, -0.05) is 43.2 Å². The number of hydrogen-bond acceptors (Lipinski definition) is 5. The Labute approximate surface area is 164 Å². The minimum absolute atomic E-state index is 0.0365. The highest BCUT2D eigenvalue weighted by atomic mass is 32.2. The lowest BCUT2D eigenvalue weighted by molar-refractivity contribution is -0.133. The van der Waals surface area contributed by atoms with E-state index in [0.29, 0.717) is 6.42 Å². The second-order valence-electron chi connectivity index (χ2n) is 7.50. The van der Waals surface area contributed by atoms with Crippen LogP contribution < -0.4 is 0 Å². The van der Waals surface area contributed by atoms with Crippen molar-refractivity contribution in [3.8, 4) is 0 Å². The molecule has 1 aromatic carbocycles. The lowest BCUT2D eigenvalue weighted by atomic mass is 9.93. The molecule has 2 aromatic rings. The lowest BCUT2D eigenvalue weighted by Crippen LogP contribution is -2.49. The number of imidazole rings is 1. The third-order valence-corrected chi connectivity index (χ3v) is 8.17. The van der Waals surface area contributed by atoms with Gasteiger partial charge in [0.1, 0.15) is 0 Å². The maximum Gasteiger partial charge on any atom is 0.233 e. The molecule has 1 aliphatic heterocycles. The number of nitrogens with zero attached hydrogens (tertiary/aromatic N) is 2. The summed E-state index contributed by atoms with van der Waals surface area (Å²) >= 11 is 1.40. The van der Waals surface area contributed by atoms with Crippen molar-refractivity contribution < 1.29 is 13.2 Å². The van der Waals surface area contributed by atoms with E-state index < -0.39 is 9.84 Å². The van der Waals surface area contributed by atoms with Crippen LogP contribution in [0.3, 0.4) is 0 Å². The highest BCUT2D eigenvalue weighted by molar-refractivity contribution is 7.99. The Morgan fingerprint density at radius 2 is 1.93 bits per heavy atom. The van der Waals surface area contributed by atoms with E-state index in [2.05, 4.69) is 9.97 Å². The number of hydrogen-bond donors (Lipinski definition) is 1. The standard InChI is InChI=1S/C19H25N3O3S2/c23-18(12-26-19-20-16-8-4-5-9-17(16)21-19)22(14-6-2-1-3-7-14)15-10-11-27(24,25)13-15/h4-5,8-9,14-15H,1-3,6-7,10-13H2,(H,20,21). The van der Waals surface area contributed by atoms with Crippen LogP contribution in [0.2, 0.25) is 0 Å². The highest BCUT2D eigenvalue weighted by Gasteiger charge is 2.38. The monoisotopic (exact) mass is 407 g/mol. The van der Waals surface area contributed by atoms with Gasteiger partial charge in [-0.15, -0.1) is 0 Å². The van der Waals surface area contributed by atoms with Gasteiger partial charge in [0, 0.05) is 12.1 Å². The minimum atomic E-state index is -3.02. The molecule has 1 saturated carbocycles. The Balaban J connectivity index is 1.47. The molecule has 1 amide bonds. The number of amides is 1. The molecule has 1 aromatic heterocycles. The van der Waals surface area contributed by atoms with E-state index in [0.717, 1.165) is 41.9 Å². The summed E-state index contributed by atoms with van der Waals surface area (Å²) < 4.78 is 23.9. The summed E-state index contributed by atoms with van der Waals surface area (Å²) in [6.07, 6.45) is 5.97. The topological polar surface area (TPSA) is 83.1 Å². The number of para-hydroxylation sites is 2. The normalized spacial score (nSPS) is 22.9. The van der Waals surface area contributed by atoms with Gasteiger partial charge in [-0.2, -0.15) is 0 Å². The van der Waals surface area contributed by atoms with Crippen molar-refractivity contribution in [1.29, 1.82) is 0 Å². The predicted octanol–water partition coefficient (Wildman–Crippen LogP) is 3.00. The average molecular weight is 408 g/mol. The summed E-state index contributed by atoms with van der Waals surface area (Å²) in [5.41, 5.74) is 1.84. The van der Waals surface area contributed by atoms with E-state index in [-0.39, 0.29) is 35.2 Å². The van der Waals surface area contributed by atoms with Gasteiger partial charge in [-0.3, -0.25) is 4.79 Å². The molecule has 0 radical (unpaired) electrons. The first kappa shape index (κ1) is 18.8. The number of aromatic nitrogens is 2. The fourth-order valence-corrected chi connectivity index (χ4v) is 6.73. The number of carbonyl (C=O) groups is 1. The minimum Gasteiger partial charge on any atom is -0.335 e. The molecule has 1 atom stereocenters. The van der Waals surface area contributed by atoms with Crippen molar-refractivity contribution in [1.82, 2.24) is 14.9 Å². The second-order valence-corrected chi connectivity index (χ2v) is 10.7. The zero-order valence-electron chi connectivity index (χ0n) is 15.3. The van der Waals surface area contributed by atoms with Gasteiger partial charge in [-0.05, 0) is 31.4 Å². The van der Waals surface area contributed by atoms with Crippen molar-refractivity contribution in [3.05, 3.63) is 24.3 Å². The quantitative estimate of drug-likeness (QED) is 0.771. The number of nitrogens with one attached hydrogen (secondary N) is 1. The molecule has 8 heteroatoms. The third kappa shape index (κ3) is 4.32. The Bertz CT molecular complexity index is 886. The van der Waals surface area contributed by atoms with Crippen molar-refractivity contribution in [3.63, 3.8) is 0 Å². The summed E-state index contributed by atoms with van der Waals surface area (Å²) in [7, 11) is -3.02. The van der Waals surface area contributed by atoms with Crippen LogP contribution in [0.4, 0.5) is 0 Å². The molecule has 1 saturated heterocycles. The summed E-state index contributed by atoms with van der Waals surface area (Å²) in [6.45, 7) is 0. The van der Waals surface area contributed by atoms with Gasteiger partial charge >= 0.3 is 0 Å². The number of H-pyrrole nitrogens is 1. The molecule has 4 rings (SSSR count). The number of fused-ring (bicyclic) bond motifs is 1. The van der Waals surface area contributed by atoms with E-state index >= 15 is 0 Å². The maximum absolute atomic E-state index is 13.1. The Morgan fingerprint density at radius 1 is 1.15 bits per heavy atom. The van der Waals surface area contributed by atoms with Crippen LogP contribution in [0.1, 0.15) is 38.5 Å². The first-order valence-corrected chi connectivity index (χ1v) is 12.4. The highest BCUT2D eigenvalue weighted by Crippen LogP contribution is 2.29. The van der Waals surface area contributed by atoms with Crippen molar-refractivity contribution in [2.45, 2.75) is 55.8 Å². The molecule has 146 valence electrons. The van der Waals surface area contributed by atoms with E-state index in [4.69, 9.17) is 0 Å². The molecule has 1 unspecified atom stereocenters. The van der Waals surface area contributed by atoms with Crippen molar-refractivity contribution in [2.75, 3.05) is 17.3 Å². The van der Waals surface area contributed by atoms with Crippen LogP contribution in [0.25, 0.3) is 11.0 Å². The van der Waals surface area contributed by atoms with Gasteiger partial charge in [0.15, 0.2) is 15.0 Å². The van der Waals surface area contributed by atoms with Crippen LogP contribution in [-0.4, -0.2) is 58.5 Å². The third-order valence-electron chi connectivity index (χ3n) is 5.56. The number of carbonyl (C=O) groups excluding carboxylic acids is 1. The molecule has 2 heterocycles. The maximum atomic E-state index is 13.1. The summed E-state index contributed by atoms with van der Waals surface area (Å²) in [6, 6.07) is 7.81. The largest absolute Gasteiger partial charge is 0.335 e. The molecule has 1 aliphatic carbocycles. The second kappa shape index (κ2) is 7.83. The van der Waals surface area contributed by atoms with Gasteiger partial charge in [0.2, 0.25) is 5.91 Å². The van der Waals surface area contributed by atoms with Crippen molar-refractivity contribution >= 4 is 38.5 Å². The van der Waals surface area contributed by atoms with Crippen LogP contribution in [-0.2, 0) is 14.6 Å². The average Bonchev–Trinajstić information content (AvgIpc) is 3.23. The number of rotatable bonds is 5. The fraction of sp³-hybridized carbons (Fsp3) is 0.579. The number of thioether (sulfide) groups is 1. The van der Waals surface area contributed by atoms with Gasteiger partial charge in [-0.25, -0.2) is 13.4 Å². The molecular weight excluding hydrogens is 382 g/mol. The van der Waals surface area contributed by atoms with E-state index in [9.17, 15) is 13.2 Å². The first-order chi connectivity index (χ1) is 13.0. The Kier molecular flexibility index (Phi) is 5.45. The van der Waals surface area contributed by atoms with Gasteiger partial charge < -0.3 is 9.88 Å². The lowest BCUT2D eigenvalue weighted by Gasteiger charge is -2.38. The smallest absolute Gasteiger partial charge is 0.233 e. The molecule has 27 heavy (non-hydrogen) atoms. The molecule has 2 aliphatic rings. The fourth-order valence-electron chi connectivity index (χ4n) is 4.26. The summed E-state index contributed by atoms with van der Waals surface area (Å²) in [5, 5.41) is 0.729. The first-order valence-electron chi connectivity index (χ1n) is 9.61. The predicted molar refractivity (Wildman–Crippen MR) is 108 cm³/mol. The molecule has 1 N–H and O–H groups in total.